The van der Waals surface area contributed by atoms with E-state index in [0.717, 1.165) is 19.6 Å². The summed E-state index contributed by atoms with van der Waals surface area (Å²) >= 11 is 0. The van der Waals surface area contributed by atoms with Gasteiger partial charge in [-0.3, -0.25) is 4.90 Å². The Balaban J connectivity index is 2.03. The minimum absolute atomic E-state index is 0.156. The molecule has 1 aromatic rings. The highest BCUT2D eigenvalue weighted by atomic mass is 15.2. The molecule has 0 aromatic heterocycles. The molecule has 2 N–H and O–H groups in total. The summed E-state index contributed by atoms with van der Waals surface area (Å²) in [7, 11) is 4.31. The van der Waals surface area contributed by atoms with Gasteiger partial charge in [0.05, 0.1) is 0 Å². The van der Waals surface area contributed by atoms with Gasteiger partial charge in [-0.1, -0.05) is 29.8 Å². The van der Waals surface area contributed by atoms with E-state index in [9.17, 15) is 0 Å². The van der Waals surface area contributed by atoms with E-state index in [-0.39, 0.29) is 5.54 Å². The predicted molar refractivity (Wildman–Crippen MR) is 81.2 cm³/mol. The van der Waals surface area contributed by atoms with Crippen molar-refractivity contribution in [2.75, 3.05) is 33.7 Å². The van der Waals surface area contributed by atoms with Gasteiger partial charge in [0.2, 0.25) is 0 Å². The van der Waals surface area contributed by atoms with Gasteiger partial charge in [0, 0.05) is 25.2 Å². The van der Waals surface area contributed by atoms with Crippen molar-refractivity contribution in [2.45, 2.75) is 31.8 Å². The lowest BCUT2D eigenvalue weighted by Gasteiger charge is -2.46. The fraction of sp³-hybridized carbons (Fsp3) is 0.625. The molecule has 0 bridgehead atoms. The van der Waals surface area contributed by atoms with E-state index in [1.807, 2.05) is 0 Å². The monoisotopic (exact) mass is 261 g/mol. The lowest BCUT2D eigenvalue weighted by Crippen LogP contribution is -2.60. The Morgan fingerprint density at radius 1 is 1.26 bits per heavy atom. The first-order valence-electron chi connectivity index (χ1n) is 7.21. The molecule has 0 spiro atoms. The van der Waals surface area contributed by atoms with Crippen LogP contribution in [-0.4, -0.2) is 49.1 Å². The quantitative estimate of drug-likeness (QED) is 0.898. The molecule has 106 valence electrons. The zero-order valence-corrected chi connectivity index (χ0v) is 12.5. The molecule has 1 aliphatic heterocycles. The number of piperidine rings is 1. The number of nitrogens with zero attached hydrogens (tertiary/aromatic N) is 2. The summed E-state index contributed by atoms with van der Waals surface area (Å²) in [4.78, 5) is 4.86. The van der Waals surface area contributed by atoms with Crippen LogP contribution in [0.15, 0.2) is 24.3 Å². The Kier molecular flexibility index (Phi) is 4.61. The largest absolute Gasteiger partial charge is 0.329 e. The Morgan fingerprint density at radius 3 is 2.53 bits per heavy atom. The summed E-state index contributed by atoms with van der Waals surface area (Å²) in [5, 5.41) is 0. The van der Waals surface area contributed by atoms with Crippen LogP contribution in [0.2, 0.25) is 0 Å². The molecule has 1 saturated heterocycles. The molecular weight excluding hydrogens is 234 g/mol. The van der Waals surface area contributed by atoms with Crippen LogP contribution in [-0.2, 0) is 6.54 Å². The Labute approximate surface area is 117 Å². The van der Waals surface area contributed by atoms with Crippen LogP contribution < -0.4 is 5.73 Å². The van der Waals surface area contributed by atoms with Crippen molar-refractivity contribution in [1.82, 2.24) is 9.80 Å². The molecule has 0 radical (unpaired) electrons. The highest BCUT2D eigenvalue weighted by Crippen LogP contribution is 2.26. The second-order valence-corrected chi connectivity index (χ2v) is 6.12. The Hall–Kier alpha value is -0.900. The first-order valence-corrected chi connectivity index (χ1v) is 7.21. The van der Waals surface area contributed by atoms with Gasteiger partial charge in [-0.05, 0) is 46.0 Å². The maximum Gasteiger partial charge on any atom is 0.0453 e. The summed E-state index contributed by atoms with van der Waals surface area (Å²) in [6.07, 6.45) is 2.45. The fourth-order valence-corrected chi connectivity index (χ4v) is 3.01. The number of aryl methyl sites for hydroxylation is 1. The lowest BCUT2D eigenvalue weighted by atomic mass is 9.87. The average Bonchev–Trinajstić information content (AvgIpc) is 2.41. The maximum absolute atomic E-state index is 6.05. The van der Waals surface area contributed by atoms with Crippen LogP contribution >= 0.6 is 0 Å². The number of nitrogens with two attached hydrogens (primary N) is 1. The van der Waals surface area contributed by atoms with Gasteiger partial charge >= 0.3 is 0 Å². The van der Waals surface area contributed by atoms with Crippen LogP contribution in [0.4, 0.5) is 0 Å². The molecule has 1 fully saturated rings. The molecule has 0 amide bonds. The Bertz CT molecular complexity index is 399. The summed E-state index contributed by atoms with van der Waals surface area (Å²) in [5.41, 5.74) is 8.93. The third kappa shape index (κ3) is 3.35. The van der Waals surface area contributed by atoms with E-state index >= 15 is 0 Å². The van der Waals surface area contributed by atoms with E-state index in [2.05, 4.69) is 55.1 Å². The summed E-state index contributed by atoms with van der Waals surface area (Å²) in [5.74, 6) is 0. The van der Waals surface area contributed by atoms with E-state index < -0.39 is 0 Å². The van der Waals surface area contributed by atoms with Crippen LogP contribution in [0, 0.1) is 6.92 Å². The standard InChI is InChI=1S/C16H27N3/c1-14-5-7-15(8-6-14)11-19-10-4-9-16(12-17,13-19)18(2)3/h5-8H,4,9-13,17H2,1-3H3. The number of benzene rings is 1. The fourth-order valence-electron chi connectivity index (χ4n) is 3.01. The molecule has 1 unspecified atom stereocenters. The topological polar surface area (TPSA) is 32.5 Å². The van der Waals surface area contributed by atoms with Crippen LogP contribution in [0.5, 0.6) is 0 Å². The number of hydrogen-bond acceptors (Lipinski definition) is 3. The van der Waals surface area contributed by atoms with Gasteiger partial charge in [-0.2, -0.15) is 0 Å². The van der Waals surface area contributed by atoms with Crippen LogP contribution in [0.3, 0.4) is 0 Å². The minimum Gasteiger partial charge on any atom is -0.329 e. The van der Waals surface area contributed by atoms with Gasteiger partial charge < -0.3 is 10.6 Å². The number of likely N-dealkylation sites (N-methyl/N-ethyl adjacent to an activating group) is 1. The molecule has 3 heteroatoms. The van der Waals surface area contributed by atoms with Gasteiger partial charge in [-0.25, -0.2) is 0 Å². The molecular formula is C16H27N3. The van der Waals surface area contributed by atoms with Crippen molar-refractivity contribution in [3.05, 3.63) is 35.4 Å². The van der Waals surface area contributed by atoms with Crippen LogP contribution in [0.25, 0.3) is 0 Å². The van der Waals surface area contributed by atoms with Gasteiger partial charge in [0.1, 0.15) is 0 Å². The van der Waals surface area contributed by atoms with Crippen molar-refractivity contribution in [2.24, 2.45) is 5.73 Å². The first kappa shape index (κ1) is 14.5. The van der Waals surface area contributed by atoms with Crippen molar-refractivity contribution >= 4 is 0 Å². The van der Waals surface area contributed by atoms with Gasteiger partial charge in [0.15, 0.2) is 0 Å². The molecule has 1 heterocycles. The Morgan fingerprint density at radius 2 is 1.95 bits per heavy atom. The molecule has 19 heavy (non-hydrogen) atoms. The molecule has 1 aliphatic rings. The predicted octanol–water partition coefficient (Wildman–Crippen LogP) is 1.85. The summed E-state index contributed by atoms with van der Waals surface area (Å²) < 4.78 is 0. The van der Waals surface area contributed by atoms with Crippen LogP contribution in [0.1, 0.15) is 24.0 Å². The molecule has 2 rings (SSSR count). The third-order valence-corrected chi connectivity index (χ3v) is 4.49. The van der Waals surface area contributed by atoms with Crippen molar-refractivity contribution < 1.29 is 0 Å². The van der Waals surface area contributed by atoms with E-state index in [1.165, 1.54) is 30.5 Å². The molecule has 1 atom stereocenters. The second kappa shape index (κ2) is 6.04. The molecule has 1 aromatic carbocycles. The number of hydrogen-bond donors (Lipinski definition) is 1. The number of rotatable bonds is 4. The minimum atomic E-state index is 0.156. The maximum atomic E-state index is 6.05. The normalized spacial score (nSPS) is 24.9. The zero-order chi connectivity index (χ0) is 13.9. The second-order valence-electron chi connectivity index (χ2n) is 6.12. The molecule has 3 nitrogen and oxygen atoms in total. The highest BCUT2D eigenvalue weighted by molar-refractivity contribution is 5.21. The summed E-state index contributed by atoms with van der Waals surface area (Å²) in [6, 6.07) is 8.87. The highest BCUT2D eigenvalue weighted by Gasteiger charge is 2.35. The van der Waals surface area contributed by atoms with E-state index in [1.54, 1.807) is 0 Å². The first-order chi connectivity index (χ1) is 9.05. The average molecular weight is 261 g/mol. The smallest absolute Gasteiger partial charge is 0.0453 e. The van der Waals surface area contributed by atoms with Gasteiger partial charge in [0.25, 0.3) is 0 Å². The third-order valence-electron chi connectivity index (χ3n) is 4.49. The van der Waals surface area contributed by atoms with Crippen molar-refractivity contribution in [3.63, 3.8) is 0 Å². The lowest BCUT2D eigenvalue weighted by molar-refractivity contribution is 0.0466. The van der Waals surface area contributed by atoms with Crippen molar-refractivity contribution in [1.29, 1.82) is 0 Å². The zero-order valence-electron chi connectivity index (χ0n) is 12.5. The van der Waals surface area contributed by atoms with Crippen molar-refractivity contribution in [3.8, 4) is 0 Å². The van der Waals surface area contributed by atoms with E-state index in [0.29, 0.717) is 0 Å². The SMILES string of the molecule is Cc1ccc(CN2CCCC(CN)(N(C)C)C2)cc1. The van der Waals surface area contributed by atoms with E-state index in [4.69, 9.17) is 5.73 Å². The van der Waals surface area contributed by atoms with Gasteiger partial charge in [-0.15, -0.1) is 0 Å². The molecule has 0 aliphatic carbocycles. The number of likely N-dealkylation sites (tertiary alicyclic amines) is 1. The summed E-state index contributed by atoms with van der Waals surface area (Å²) in [6.45, 7) is 6.17. The molecule has 0 saturated carbocycles.